The summed E-state index contributed by atoms with van der Waals surface area (Å²) in [5.41, 5.74) is 0.0653. The minimum atomic E-state index is -1.00. The zero-order chi connectivity index (χ0) is 9.30. The van der Waals surface area contributed by atoms with Crippen LogP contribution >= 0.6 is 15.9 Å². The summed E-state index contributed by atoms with van der Waals surface area (Å²) in [5.74, 6) is -1.00. The van der Waals surface area contributed by atoms with Crippen molar-refractivity contribution < 1.29 is 9.90 Å². The summed E-state index contributed by atoms with van der Waals surface area (Å²) in [6, 6.07) is 0.208. The van der Waals surface area contributed by atoms with Gasteiger partial charge in [-0.05, 0) is 29.8 Å². The molecule has 1 heterocycles. The maximum absolute atomic E-state index is 10.5. The fourth-order valence-corrected chi connectivity index (χ4v) is 1.54. The highest BCUT2D eigenvalue weighted by Crippen LogP contribution is 2.15. The predicted molar refractivity (Wildman–Crippen MR) is 47.3 cm³/mol. The summed E-state index contributed by atoms with van der Waals surface area (Å²) in [6.07, 6.45) is 1.51. The number of carbonyl (C=O) groups is 1. The molecule has 0 saturated heterocycles. The molecule has 1 aromatic heterocycles. The van der Waals surface area contributed by atoms with Gasteiger partial charge in [-0.25, -0.2) is 9.78 Å². The highest BCUT2D eigenvalue weighted by atomic mass is 79.9. The highest BCUT2D eigenvalue weighted by molar-refractivity contribution is 9.10. The molecule has 1 N–H and O–H groups in total. The van der Waals surface area contributed by atoms with Gasteiger partial charge in [0.05, 0.1) is 0 Å². The number of rotatable bonds is 2. The van der Waals surface area contributed by atoms with E-state index in [0.29, 0.717) is 4.73 Å². The van der Waals surface area contributed by atoms with E-state index >= 15 is 0 Å². The van der Waals surface area contributed by atoms with Crippen LogP contribution < -0.4 is 0 Å². The van der Waals surface area contributed by atoms with Gasteiger partial charge in [-0.3, -0.25) is 0 Å². The van der Waals surface area contributed by atoms with E-state index in [9.17, 15) is 4.79 Å². The second-order valence-electron chi connectivity index (χ2n) is 2.70. The Balaban J connectivity index is 3.09. The van der Waals surface area contributed by atoms with E-state index < -0.39 is 5.97 Å². The van der Waals surface area contributed by atoms with Gasteiger partial charge in [0, 0.05) is 12.2 Å². The lowest BCUT2D eigenvalue weighted by atomic mass is 10.4. The summed E-state index contributed by atoms with van der Waals surface area (Å²) in [6.45, 7) is 3.91. The molecular weight excluding hydrogens is 224 g/mol. The van der Waals surface area contributed by atoms with Crippen LogP contribution in [0.1, 0.15) is 30.4 Å². The SMILES string of the molecule is CC(C)n1cc(C(=O)O)nc1Br. The van der Waals surface area contributed by atoms with Gasteiger partial charge in [0.25, 0.3) is 0 Å². The summed E-state index contributed by atoms with van der Waals surface area (Å²) >= 11 is 3.17. The van der Waals surface area contributed by atoms with Gasteiger partial charge in [-0.15, -0.1) is 0 Å². The van der Waals surface area contributed by atoms with E-state index in [4.69, 9.17) is 5.11 Å². The number of halogens is 1. The summed E-state index contributed by atoms with van der Waals surface area (Å²) < 4.78 is 2.30. The number of carboxylic acids is 1. The van der Waals surface area contributed by atoms with Crippen LogP contribution in [-0.2, 0) is 0 Å². The first-order chi connectivity index (χ1) is 5.52. The van der Waals surface area contributed by atoms with Crippen molar-refractivity contribution in [3.8, 4) is 0 Å². The van der Waals surface area contributed by atoms with Crippen LogP contribution in [0.4, 0.5) is 0 Å². The fourth-order valence-electron chi connectivity index (χ4n) is 0.836. The largest absolute Gasteiger partial charge is 0.476 e. The highest BCUT2D eigenvalue weighted by Gasteiger charge is 2.12. The van der Waals surface area contributed by atoms with Gasteiger partial charge in [0.15, 0.2) is 10.4 Å². The molecule has 0 spiro atoms. The van der Waals surface area contributed by atoms with Crippen molar-refractivity contribution in [2.24, 2.45) is 0 Å². The van der Waals surface area contributed by atoms with Crippen LogP contribution in [0.25, 0.3) is 0 Å². The molecule has 66 valence electrons. The number of carboxylic acid groups (broad SMARTS) is 1. The van der Waals surface area contributed by atoms with E-state index in [0.717, 1.165) is 0 Å². The molecule has 0 atom stereocenters. The Labute approximate surface area is 78.4 Å². The number of aromatic carboxylic acids is 1. The van der Waals surface area contributed by atoms with Crippen molar-refractivity contribution in [1.29, 1.82) is 0 Å². The summed E-state index contributed by atoms with van der Waals surface area (Å²) in [7, 11) is 0. The predicted octanol–water partition coefficient (Wildman–Crippen LogP) is 1.92. The average molecular weight is 233 g/mol. The van der Waals surface area contributed by atoms with Crippen molar-refractivity contribution in [2.75, 3.05) is 0 Å². The van der Waals surface area contributed by atoms with Crippen molar-refractivity contribution in [2.45, 2.75) is 19.9 Å². The molecule has 0 amide bonds. The van der Waals surface area contributed by atoms with Crippen LogP contribution in [0.15, 0.2) is 10.9 Å². The molecule has 0 aliphatic carbocycles. The topological polar surface area (TPSA) is 55.1 Å². The number of hydrogen-bond acceptors (Lipinski definition) is 2. The average Bonchev–Trinajstić information content (AvgIpc) is 2.30. The van der Waals surface area contributed by atoms with Gasteiger partial charge >= 0.3 is 5.97 Å². The quantitative estimate of drug-likeness (QED) is 0.848. The van der Waals surface area contributed by atoms with Crippen LogP contribution in [0, 0.1) is 0 Å². The van der Waals surface area contributed by atoms with E-state index in [1.54, 1.807) is 4.57 Å². The zero-order valence-electron chi connectivity index (χ0n) is 6.78. The molecule has 0 saturated carbocycles. The monoisotopic (exact) mass is 232 g/mol. The van der Waals surface area contributed by atoms with Gasteiger partial charge in [0.2, 0.25) is 0 Å². The maximum Gasteiger partial charge on any atom is 0.356 e. The Kier molecular flexibility index (Phi) is 2.52. The molecule has 0 bridgehead atoms. The Morgan fingerprint density at radius 1 is 1.75 bits per heavy atom. The molecule has 0 radical (unpaired) electrons. The smallest absolute Gasteiger partial charge is 0.356 e. The molecule has 0 aromatic carbocycles. The van der Waals surface area contributed by atoms with E-state index in [-0.39, 0.29) is 11.7 Å². The van der Waals surface area contributed by atoms with E-state index in [1.165, 1.54) is 6.20 Å². The normalized spacial score (nSPS) is 10.7. The lowest BCUT2D eigenvalue weighted by molar-refractivity contribution is 0.0691. The Bertz CT molecular complexity index is 306. The lowest BCUT2D eigenvalue weighted by Crippen LogP contribution is -1.99. The van der Waals surface area contributed by atoms with E-state index in [1.807, 2.05) is 13.8 Å². The molecule has 1 aromatic rings. The van der Waals surface area contributed by atoms with Crippen molar-refractivity contribution in [1.82, 2.24) is 9.55 Å². The minimum Gasteiger partial charge on any atom is -0.476 e. The first kappa shape index (κ1) is 9.25. The number of hydrogen-bond donors (Lipinski definition) is 1. The molecule has 4 nitrogen and oxygen atoms in total. The van der Waals surface area contributed by atoms with Crippen molar-refractivity contribution in [3.63, 3.8) is 0 Å². The fraction of sp³-hybridized carbons (Fsp3) is 0.429. The van der Waals surface area contributed by atoms with Gasteiger partial charge in [-0.2, -0.15) is 0 Å². The van der Waals surface area contributed by atoms with Gasteiger partial charge in [-0.1, -0.05) is 0 Å². The van der Waals surface area contributed by atoms with Crippen molar-refractivity contribution in [3.05, 3.63) is 16.6 Å². The Hall–Kier alpha value is -0.840. The molecule has 1 rings (SSSR count). The molecule has 5 heteroatoms. The van der Waals surface area contributed by atoms with E-state index in [2.05, 4.69) is 20.9 Å². The summed E-state index contributed by atoms with van der Waals surface area (Å²) in [4.78, 5) is 14.3. The third-order valence-corrected chi connectivity index (χ3v) is 2.05. The van der Waals surface area contributed by atoms with Gasteiger partial charge in [0.1, 0.15) is 0 Å². The van der Waals surface area contributed by atoms with Crippen molar-refractivity contribution >= 4 is 21.9 Å². The van der Waals surface area contributed by atoms with Crippen LogP contribution in [-0.4, -0.2) is 20.6 Å². The zero-order valence-corrected chi connectivity index (χ0v) is 8.37. The third kappa shape index (κ3) is 1.66. The minimum absolute atomic E-state index is 0.0653. The number of imidazole rings is 1. The van der Waals surface area contributed by atoms with Crippen LogP contribution in [0.3, 0.4) is 0 Å². The molecule has 0 aliphatic heterocycles. The molecular formula is C7H9BrN2O2. The first-order valence-electron chi connectivity index (χ1n) is 3.50. The lowest BCUT2D eigenvalue weighted by Gasteiger charge is -2.05. The second-order valence-corrected chi connectivity index (χ2v) is 3.41. The number of aromatic nitrogens is 2. The standard InChI is InChI=1S/C7H9BrN2O2/c1-4(2)10-3-5(6(11)12)9-7(10)8/h3-4H,1-2H3,(H,11,12). The maximum atomic E-state index is 10.5. The second kappa shape index (κ2) is 3.26. The molecule has 12 heavy (non-hydrogen) atoms. The number of nitrogens with zero attached hydrogens (tertiary/aromatic N) is 2. The van der Waals surface area contributed by atoms with Gasteiger partial charge < -0.3 is 9.67 Å². The Morgan fingerprint density at radius 2 is 2.33 bits per heavy atom. The Morgan fingerprint density at radius 3 is 2.58 bits per heavy atom. The summed E-state index contributed by atoms with van der Waals surface area (Å²) in [5, 5.41) is 8.61. The first-order valence-corrected chi connectivity index (χ1v) is 4.29. The molecule has 0 aliphatic rings. The van der Waals surface area contributed by atoms with Crippen LogP contribution in [0.2, 0.25) is 0 Å². The van der Waals surface area contributed by atoms with Crippen LogP contribution in [0.5, 0.6) is 0 Å². The molecule has 0 unspecified atom stereocenters. The molecule has 0 fully saturated rings. The third-order valence-electron chi connectivity index (χ3n) is 1.46.